The maximum Gasteiger partial charge on any atom is 0.0994 e. The van der Waals surface area contributed by atoms with E-state index < -0.39 is 0 Å². The molecule has 1 aliphatic rings. The van der Waals surface area contributed by atoms with Gasteiger partial charge in [0, 0.05) is 30.2 Å². The van der Waals surface area contributed by atoms with Crippen molar-refractivity contribution < 1.29 is 4.74 Å². The van der Waals surface area contributed by atoms with Crippen LogP contribution in [-0.4, -0.2) is 29.8 Å². The quantitative estimate of drug-likeness (QED) is 0.806. The first-order chi connectivity index (χ1) is 7.43. The van der Waals surface area contributed by atoms with Gasteiger partial charge in [0.25, 0.3) is 0 Å². The van der Waals surface area contributed by atoms with Crippen LogP contribution in [0.2, 0.25) is 0 Å². The molecule has 0 radical (unpaired) electrons. The summed E-state index contributed by atoms with van der Waals surface area (Å²) in [6.45, 7) is 3.64. The number of nitrogens with zero attached hydrogens (tertiary/aromatic N) is 1. The lowest BCUT2D eigenvalue weighted by molar-refractivity contribution is 0.137. The molecule has 2 heterocycles. The Bertz CT molecular complexity index is 457. The van der Waals surface area contributed by atoms with E-state index in [1.165, 1.54) is 16.5 Å². The molecule has 1 aromatic carbocycles. The number of ether oxygens (including phenoxy) is 1. The van der Waals surface area contributed by atoms with E-state index in [0.717, 1.165) is 26.4 Å². The molecule has 15 heavy (non-hydrogen) atoms. The van der Waals surface area contributed by atoms with Crippen molar-refractivity contribution in [2.24, 2.45) is 0 Å². The summed E-state index contributed by atoms with van der Waals surface area (Å²) >= 11 is 0. The Morgan fingerprint density at radius 3 is 3.13 bits per heavy atom. The van der Waals surface area contributed by atoms with Gasteiger partial charge in [-0.15, -0.1) is 0 Å². The van der Waals surface area contributed by atoms with Crippen molar-refractivity contribution in [2.75, 3.05) is 19.9 Å². The lowest BCUT2D eigenvalue weighted by Gasteiger charge is -2.11. The third-order valence-electron chi connectivity index (χ3n) is 2.89. The molecule has 3 heteroatoms. The molecule has 0 saturated carbocycles. The van der Waals surface area contributed by atoms with E-state index in [0.29, 0.717) is 0 Å². The molecule has 0 unspecified atom stereocenters. The van der Waals surface area contributed by atoms with Crippen molar-refractivity contribution in [1.82, 2.24) is 9.88 Å². The van der Waals surface area contributed by atoms with Gasteiger partial charge in [0.05, 0.1) is 13.3 Å². The van der Waals surface area contributed by atoms with E-state index in [1.54, 1.807) is 0 Å². The zero-order valence-electron chi connectivity index (χ0n) is 8.57. The molecule has 0 amide bonds. The molecule has 1 N–H and O–H groups in total. The zero-order chi connectivity index (χ0) is 10.1. The minimum Gasteiger partial charge on any atom is -0.365 e. The Hall–Kier alpha value is -1.32. The summed E-state index contributed by atoms with van der Waals surface area (Å²) in [6, 6.07) is 8.42. The van der Waals surface area contributed by atoms with E-state index in [2.05, 4.69) is 40.3 Å². The van der Waals surface area contributed by atoms with Gasteiger partial charge in [0.15, 0.2) is 0 Å². The number of nitrogens with one attached hydrogen (secondary N) is 1. The Balaban J connectivity index is 1.90. The summed E-state index contributed by atoms with van der Waals surface area (Å²) in [5, 5.41) is 1.32. The second kappa shape index (κ2) is 3.68. The molecule has 1 fully saturated rings. The van der Waals surface area contributed by atoms with Crippen LogP contribution < -0.4 is 0 Å². The normalized spacial score (nSPS) is 17.6. The summed E-state index contributed by atoms with van der Waals surface area (Å²) in [7, 11) is 0. The van der Waals surface area contributed by atoms with E-state index in [1.807, 2.05) is 0 Å². The molecule has 3 rings (SSSR count). The number of rotatable bonds is 2. The largest absolute Gasteiger partial charge is 0.365 e. The molecular weight excluding hydrogens is 188 g/mol. The van der Waals surface area contributed by atoms with Crippen molar-refractivity contribution in [3.8, 4) is 0 Å². The molecule has 0 bridgehead atoms. The SMILES string of the molecule is c1ccc2c(CN3CCOC3)c[nH]c2c1. The first-order valence-corrected chi connectivity index (χ1v) is 5.28. The molecule has 3 nitrogen and oxygen atoms in total. The second-order valence-corrected chi connectivity index (χ2v) is 3.95. The van der Waals surface area contributed by atoms with Crippen molar-refractivity contribution >= 4 is 10.9 Å². The Morgan fingerprint density at radius 1 is 1.33 bits per heavy atom. The standard InChI is InChI=1S/C12H14N2O/c1-2-4-12-11(3-1)10(7-13-12)8-14-5-6-15-9-14/h1-4,7,13H,5-6,8-9H2. The highest BCUT2D eigenvalue weighted by Gasteiger charge is 2.13. The smallest absolute Gasteiger partial charge is 0.0994 e. The minimum absolute atomic E-state index is 0.763. The molecule has 78 valence electrons. The van der Waals surface area contributed by atoms with Gasteiger partial charge in [0.1, 0.15) is 0 Å². The number of benzene rings is 1. The molecular formula is C12H14N2O. The predicted octanol–water partition coefficient (Wildman–Crippen LogP) is 1.96. The van der Waals surface area contributed by atoms with Crippen LogP contribution >= 0.6 is 0 Å². The lowest BCUT2D eigenvalue weighted by atomic mass is 10.2. The zero-order valence-corrected chi connectivity index (χ0v) is 8.57. The summed E-state index contributed by atoms with van der Waals surface area (Å²) in [5.74, 6) is 0. The topological polar surface area (TPSA) is 28.3 Å². The van der Waals surface area contributed by atoms with E-state index >= 15 is 0 Å². The fourth-order valence-electron chi connectivity index (χ4n) is 2.08. The van der Waals surface area contributed by atoms with Gasteiger partial charge >= 0.3 is 0 Å². The highest BCUT2D eigenvalue weighted by Crippen LogP contribution is 2.19. The van der Waals surface area contributed by atoms with Crippen molar-refractivity contribution in [2.45, 2.75) is 6.54 Å². The van der Waals surface area contributed by atoms with E-state index in [9.17, 15) is 0 Å². The van der Waals surface area contributed by atoms with Crippen LogP contribution in [0, 0.1) is 0 Å². The van der Waals surface area contributed by atoms with Gasteiger partial charge in [-0.2, -0.15) is 0 Å². The third-order valence-corrected chi connectivity index (χ3v) is 2.89. The number of aromatic amines is 1. The van der Waals surface area contributed by atoms with Crippen LogP contribution in [0.15, 0.2) is 30.5 Å². The van der Waals surface area contributed by atoms with Crippen LogP contribution in [0.1, 0.15) is 5.56 Å². The van der Waals surface area contributed by atoms with E-state index in [-0.39, 0.29) is 0 Å². The van der Waals surface area contributed by atoms with Crippen LogP contribution in [0.25, 0.3) is 10.9 Å². The number of aromatic nitrogens is 1. The highest BCUT2D eigenvalue weighted by molar-refractivity contribution is 5.82. The number of H-pyrrole nitrogens is 1. The molecule has 1 saturated heterocycles. The summed E-state index contributed by atoms with van der Waals surface area (Å²) in [5.41, 5.74) is 2.57. The van der Waals surface area contributed by atoms with Gasteiger partial charge in [0.2, 0.25) is 0 Å². The molecule has 0 spiro atoms. The number of fused-ring (bicyclic) bond motifs is 1. The summed E-state index contributed by atoms with van der Waals surface area (Å²) in [6.07, 6.45) is 2.10. The molecule has 2 aromatic rings. The highest BCUT2D eigenvalue weighted by atomic mass is 16.5. The van der Waals surface area contributed by atoms with Gasteiger partial charge in [-0.05, 0) is 11.6 Å². The van der Waals surface area contributed by atoms with Crippen LogP contribution in [0.4, 0.5) is 0 Å². The van der Waals surface area contributed by atoms with Crippen molar-refractivity contribution in [3.05, 3.63) is 36.0 Å². The van der Waals surface area contributed by atoms with Gasteiger partial charge in [-0.3, -0.25) is 4.90 Å². The molecule has 0 atom stereocenters. The van der Waals surface area contributed by atoms with Gasteiger partial charge in [-0.25, -0.2) is 0 Å². The van der Waals surface area contributed by atoms with Gasteiger partial charge < -0.3 is 9.72 Å². The third kappa shape index (κ3) is 1.64. The second-order valence-electron chi connectivity index (χ2n) is 3.95. The molecule has 1 aromatic heterocycles. The van der Waals surface area contributed by atoms with Crippen molar-refractivity contribution in [3.63, 3.8) is 0 Å². The van der Waals surface area contributed by atoms with Crippen LogP contribution in [0.5, 0.6) is 0 Å². The average Bonchev–Trinajstić information content (AvgIpc) is 2.89. The number of para-hydroxylation sites is 1. The maximum absolute atomic E-state index is 5.33. The number of hydrogen-bond acceptors (Lipinski definition) is 2. The van der Waals surface area contributed by atoms with Gasteiger partial charge in [-0.1, -0.05) is 18.2 Å². The van der Waals surface area contributed by atoms with Crippen molar-refractivity contribution in [1.29, 1.82) is 0 Å². The molecule has 1 aliphatic heterocycles. The average molecular weight is 202 g/mol. The fourth-order valence-corrected chi connectivity index (χ4v) is 2.08. The number of hydrogen-bond donors (Lipinski definition) is 1. The predicted molar refractivity (Wildman–Crippen MR) is 59.5 cm³/mol. The summed E-state index contributed by atoms with van der Waals surface area (Å²) < 4.78 is 5.33. The first kappa shape index (κ1) is 8.95. The summed E-state index contributed by atoms with van der Waals surface area (Å²) in [4.78, 5) is 5.61. The monoisotopic (exact) mass is 202 g/mol. The lowest BCUT2D eigenvalue weighted by Crippen LogP contribution is -2.18. The molecule has 0 aliphatic carbocycles. The first-order valence-electron chi connectivity index (χ1n) is 5.28. The van der Waals surface area contributed by atoms with Crippen LogP contribution in [-0.2, 0) is 11.3 Å². The fraction of sp³-hybridized carbons (Fsp3) is 0.333. The Kier molecular flexibility index (Phi) is 2.19. The van der Waals surface area contributed by atoms with E-state index in [4.69, 9.17) is 4.74 Å². The maximum atomic E-state index is 5.33. The minimum atomic E-state index is 0.763. The van der Waals surface area contributed by atoms with Crippen LogP contribution in [0.3, 0.4) is 0 Å². The Morgan fingerprint density at radius 2 is 2.27 bits per heavy atom. The Labute approximate surface area is 88.6 Å².